The number of ether oxygens (including phenoxy) is 1. The average Bonchev–Trinajstić information content (AvgIpc) is 3.27. The minimum Gasteiger partial charge on any atom is -0.489 e. The highest BCUT2D eigenvalue weighted by Gasteiger charge is 2.39. The van der Waals surface area contributed by atoms with E-state index in [0.717, 1.165) is 37.1 Å². The fourth-order valence-corrected chi connectivity index (χ4v) is 5.20. The zero-order valence-corrected chi connectivity index (χ0v) is 18.0. The van der Waals surface area contributed by atoms with Crippen molar-refractivity contribution >= 4 is 17.7 Å². The highest BCUT2D eigenvalue weighted by atomic mass is 16.5. The lowest BCUT2D eigenvalue weighted by atomic mass is 10.0. The van der Waals surface area contributed by atoms with Crippen LogP contribution < -0.4 is 10.1 Å². The van der Waals surface area contributed by atoms with Crippen molar-refractivity contribution in [3.05, 3.63) is 29.3 Å². The summed E-state index contributed by atoms with van der Waals surface area (Å²) in [5.41, 5.74) is 1.50. The Bertz CT molecular complexity index is 853. The maximum atomic E-state index is 12.8. The Morgan fingerprint density at radius 3 is 2.70 bits per heavy atom. The number of nitrogens with zero attached hydrogens (tertiary/aromatic N) is 2. The van der Waals surface area contributed by atoms with Gasteiger partial charge < -0.3 is 9.64 Å². The first-order valence-electron chi connectivity index (χ1n) is 11.1. The van der Waals surface area contributed by atoms with Gasteiger partial charge in [-0.15, -0.1) is 0 Å². The van der Waals surface area contributed by atoms with Crippen molar-refractivity contribution in [1.82, 2.24) is 15.1 Å². The second-order valence-corrected chi connectivity index (χ2v) is 8.80. The van der Waals surface area contributed by atoms with Gasteiger partial charge in [-0.3, -0.25) is 24.6 Å². The number of rotatable bonds is 6. The number of hydrogen-bond donors (Lipinski definition) is 1. The molecule has 162 valence electrons. The Hall–Kier alpha value is -2.41. The molecule has 1 aromatic carbocycles. The van der Waals surface area contributed by atoms with Crippen LogP contribution in [-0.4, -0.2) is 58.3 Å². The predicted octanol–water partition coefficient (Wildman–Crippen LogP) is 2.48. The molecule has 1 unspecified atom stereocenters. The number of amides is 3. The number of benzene rings is 1. The molecule has 1 saturated carbocycles. The van der Waals surface area contributed by atoms with Gasteiger partial charge in [0.15, 0.2) is 0 Å². The molecule has 3 aliphatic rings. The topological polar surface area (TPSA) is 79.0 Å². The van der Waals surface area contributed by atoms with Crippen LogP contribution in [0.1, 0.15) is 68.8 Å². The fraction of sp³-hybridized carbons (Fsp3) is 0.609. The Kier molecular flexibility index (Phi) is 5.82. The van der Waals surface area contributed by atoms with E-state index in [0.29, 0.717) is 30.6 Å². The molecule has 3 atom stereocenters. The third-order valence-electron chi connectivity index (χ3n) is 6.65. The summed E-state index contributed by atoms with van der Waals surface area (Å²) in [6, 6.07) is 5.92. The summed E-state index contributed by atoms with van der Waals surface area (Å²) < 4.78 is 6.40. The van der Waals surface area contributed by atoms with Gasteiger partial charge >= 0.3 is 0 Å². The summed E-state index contributed by atoms with van der Waals surface area (Å²) in [6.45, 7) is 8.02. The molecule has 2 heterocycles. The minimum absolute atomic E-state index is 0.147. The molecule has 0 aromatic heterocycles. The molecule has 30 heavy (non-hydrogen) atoms. The molecule has 7 nitrogen and oxygen atoms in total. The van der Waals surface area contributed by atoms with Gasteiger partial charge in [0.1, 0.15) is 17.9 Å². The van der Waals surface area contributed by atoms with Crippen LogP contribution in [0.3, 0.4) is 0 Å². The van der Waals surface area contributed by atoms with Crippen LogP contribution in [0, 0.1) is 0 Å². The molecule has 1 aromatic rings. The lowest BCUT2D eigenvalue weighted by Crippen LogP contribution is -2.52. The van der Waals surface area contributed by atoms with Crippen molar-refractivity contribution in [1.29, 1.82) is 0 Å². The van der Waals surface area contributed by atoms with Gasteiger partial charge in [0.25, 0.3) is 5.91 Å². The Balaban J connectivity index is 1.48. The van der Waals surface area contributed by atoms with Crippen LogP contribution in [0.25, 0.3) is 0 Å². The number of fused-ring (bicyclic) bond motifs is 1. The van der Waals surface area contributed by atoms with E-state index in [-0.39, 0.29) is 30.2 Å². The van der Waals surface area contributed by atoms with E-state index in [1.807, 2.05) is 18.2 Å². The molecule has 7 heteroatoms. The number of likely N-dealkylation sites (N-methyl/N-ethyl adjacent to an activating group) is 1. The molecular formula is C23H31N3O4. The third-order valence-corrected chi connectivity index (χ3v) is 6.65. The fourth-order valence-electron chi connectivity index (χ4n) is 5.20. The molecule has 3 amide bonds. The molecule has 2 aliphatic heterocycles. The van der Waals surface area contributed by atoms with E-state index in [1.165, 1.54) is 0 Å². The molecule has 4 rings (SSSR count). The van der Waals surface area contributed by atoms with Crippen LogP contribution >= 0.6 is 0 Å². The summed E-state index contributed by atoms with van der Waals surface area (Å²) in [7, 11) is 0. The van der Waals surface area contributed by atoms with Crippen molar-refractivity contribution in [2.45, 2.75) is 83.6 Å². The van der Waals surface area contributed by atoms with Gasteiger partial charge in [0.05, 0.1) is 0 Å². The van der Waals surface area contributed by atoms with Crippen LogP contribution in [0.5, 0.6) is 5.75 Å². The molecule has 0 radical (unpaired) electrons. The van der Waals surface area contributed by atoms with Gasteiger partial charge in [-0.1, -0.05) is 6.92 Å². The first kappa shape index (κ1) is 20.8. The third kappa shape index (κ3) is 3.83. The molecule has 2 fully saturated rings. The maximum Gasteiger partial charge on any atom is 0.255 e. The van der Waals surface area contributed by atoms with Crippen molar-refractivity contribution < 1.29 is 19.1 Å². The lowest BCUT2D eigenvalue weighted by molar-refractivity contribution is -0.136. The first-order chi connectivity index (χ1) is 14.4. The zero-order valence-electron chi connectivity index (χ0n) is 18.0. The number of carbonyl (C=O) groups excluding carboxylic acids is 3. The average molecular weight is 414 g/mol. The van der Waals surface area contributed by atoms with Crippen molar-refractivity contribution in [3.8, 4) is 5.75 Å². The molecule has 1 N–H and O–H groups in total. The van der Waals surface area contributed by atoms with Crippen molar-refractivity contribution in [2.24, 2.45) is 0 Å². The summed E-state index contributed by atoms with van der Waals surface area (Å²) >= 11 is 0. The predicted molar refractivity (Wildman–Crippen MR) is 112 cm³/mol. The van der Waals surface area contributed by atoms with Gasteiger partial charge in [0, 0.05) is 30.6 Å². The lowest BCUT2D eigenvalue weighted by Gasteiger charge is -2.35. The smallest absolute Gasteiger partial charge is 0.255 e. The normalized spacial score (nSPS) is 26.5. The monoisotopic (exact) mass is 413 g/mol. The Morgan fingerprint density at radius 2 is 2.00 bits per heavy atom. The first-order valence-corrected chi connectivity index (χ1v) is 11.1. The van der Waals surface area contributed by atoms with Gasteiger partial charge in [-0.05, 0) is 69.8 Å². The van der Waals surface area contributed by atoms with Crippen LogP contribution in [0.4, 0.5) is 0 Å². The van der Waals surface area contributed by atoms with E-state index in [2.05, 4.69) is 31.0 Å². The maximum absolute atomic E-state index is 12.8. The number of piperidine rings is 1. The van der Waals surface area contributed by atoms with E-state index in [1.54, 1.807) is 4.90 Å². The summed E-state index contributed by atoms with van der Waals surface area (Å²) in [5.74, 6) is -0.0269. The largest absolute Gasteiger partial charge is 0.489 e. The molecule has 1 saturated heterocycles. The second kappa shape index (κ2) is 8.38. The number of imide groups is 1. The Labute approximate surface area is 177 Å². The highest BCUT2D eigenvalue weighted by molar-refractivity contribution is 6.05. The van der Waals surface area contributed by atoms with Gasteiger partial charge in [0.2, 0.25) is 11.8 Å². The molecule has 0 bridgehead atoms. The van der Waals surface area contributed by atoms with Gasteiger partial charge in [-0.25, -0.2) is 0 Å². The van der Waals surface area contributed by atoms with Crippen molar-refractivity contribution in [2.75, 3.05) is 6.54 Å². The summed E-state index contributed by atoms with van der Waals surface area (Å²) in [4.78, 5) is 40.6. The number of nitrogens with one attached hydrogen (secondary N) is 1. The molecule has 1 aliphatic carbocycles. The van der Waals surface area contributed by atoms with Crippen LogP contribution in [0.2, 0.25) is 0 Å². The Morgan fingerprint density at radius 1 is 1.20 bits per heavy atom. The minimum atomic E-state index is -0.588. The zero-order chi connectivity index (χ0) is 21.4. The van der Waals surface area contributed by atoms with Gasteiger partial charge in [-0.2, -0.15) is 0 Å². The highest BCUT2D eigenvalue weighted by Crippen LogP contribution is 2.33. The van der Waals surface area contributed by atoms with Crippen LogP contribution in [0.15, 0.2) is 18.2 Å². The SMILES string of the molecule is CCN(C(C)C)[C@H]1CCC[C@H]1Oc1ccc2c(c1)CN(C1CCC(=O)NC1=O)C2=O. The van der Waals surface area contributed by atoms with E-state index < -0.39 is 6.04 Å². The number of hydrogen-bond acceptors (Lipinski definition) is 5. The quantitative estimate of drug-likeness (QED) is 0.725. The van der Waals surface area contributed by atoms with E-state index >= 15 is 0 Å². The summed E-state index contributed by atoms with van der Waals surface area (Å²) in [6.07, 6.45) is 4.12. The standard InChI is InChI=1S/C23H31N3O4/c1-4-25(14(2)3)18-6-5-7-20(18)30-16-8-9-17-15(12-16)13-26(23(17)29)19-10-11-21(27)24-22(19)28/h8-9,12,14,18-20H,4-7,10-11,13H2,1-3H3,(H,24,27,28)/t18-,19?,20+/m0/s1. The van der Waals surface area contributed by atoms with Crippen LogP contribution in [-0.2, 0) is 16.1 Å². The van der Waals surface area contributed by atoms with Crippen molar-refractivity contribution in [3.63, 3.8) is 0 Å². The summed E-state index contributed by atoms with van der Waals surface area (Å²) in [5, 5.41) is 2.34. The second-order valence-electron chi connectivity index (χ2n) is 8.80. The molecule has 0 spiro atoms. The molecular weight excluding hydrogens is 382 g/mol. The number of carbonyl (C=O) groups is 3. The van der Waals surface area contributed by atoms with E-state index in [4.69, 9.17) is 4.74 Å². The van der Waals surface area contributed by atoms with E-state index in [9.17, 15) is 14.4 Å².